The normalized spacial score (nSPS) is 22.9. The number of carbonyl (C=O) groups excluding carboxylic acids is 1. The van der Waals surface area contributed by atoms with Crippen LogP contribution in [0.25, 0.3) is 0 Å². The Kier molecular flexibility index (Phi) is 5.08. The summed E-state index contributed by atoms with van der Waals surface area (Å²) in [4.78, 5) is 13.9. The summed E-state index contributed by atoms with van der Waals surface area (Å²) in [5.74, 6) is 2.55. The van der Waals surface area contributed by atoms with Crippen molar-refractivity contribution in [3.8, 4) is 0 Å². The average molecular weight is 306 g/mol. The number of hydrogen-bond donors (Lipinski definition) is 0. The van der Waals surface area contributed by atoms with Crippen LogP contribution in [0.5, 0.6) is 0 Å². The average Bonchev–Trinajstić information content (AvgIpc) is 2.76. The molecule has 1 atom stereocenters. The zero-order chi connectivity index (χ0) is 15.4. The lowest BCUT2D eigenvalue weighted by Gasteiger charge is -2.31. The first kappa shape index (κ1) is 15.5. The van der Waals surface area contributed by atoms with Crippen molar-refractivity contribution < 1.29 is 9.53 Å². The number of ether oxygens (including phenoxy) is 1. The van der Waals surface area contributed by atoms with E-state index in [1.807, 2.05) is 6.92 Å². The SMILES string of the molecule is CCOC(=O)CN1CCCC(c2nnc3n2CCCCC3)C1. The number of likely N-dealkylation sites (tertiary alicyclic amines) is 1. The van der Waals surface area contributed by atoms with Crippen LogP contribution in [-0.2, 0) is 22.5 Å². The van der Waals surface area contributed by atoms with Crippen molar-refractivity contribution in [2.24, 2.45) is 0 Å². The van der Waals surface area contributed by atoms with Crippen LogP contribution in [0.15, 0.2) is 0 Å². The largest absolute Gasteiger partial charge is 0.465 e. The van der Waals surface area contributed by atoms with Gasteiger partial charge >= 0.3 is 5.97 Å². The summed E-state index contributed by atoms with van der Waals surface area (Å²) in [7, 11) is 0. The molecule has 0 N–H and O–H groups in total. The van der Waals surface area contributed by atoms with Gasteiger partial charge in [-0.3, -0.25) is 9.69 Å². The molecule has 0 amide bonds. The minimum Gasteiger partial charge on any atom is -0.465 e. The molecule has 1 saturated heterocycles. The summed E-state index contributed by atoms with van der Waals surface area (Å²) in [6, 6.07) is 0. The first-order chi connectivity index (χ1) is 10.8. The van der Waals surface area contributed by atoms with Gasteiger partial charge < -0.3 is 9.30 Å². The Balaban J connectivity index is 1.67. The quantitative estimate of drug-likeness (QED) is 0.793. The number of aromatic nitrogens is 3. The number of fused-ring (bicyclic) bond motifs is 1. The van der Waals surface area contributed by atoms with Gasteiger partial charge in [-0.05, 0) is 39.2 Å². The molecule has 0 aliphatic carbocycles. The molecular weight excluding hydrogens is 280 g/mol. The van der Waals surface area contributed by atoms with Gasteiger partial charge in [0.05, 0.1) is 13.2 Å². The number of esters is 1. The number of nitrogens with zero attached hydrogens (tertiary/aromatic N) is 4. The summed E-state index contributed by atoms with van der Waals surface area (Å²) in [5, 5.41) is 8.89. The molecule has 1 fully saturated rings. The van der Waals surface area contributed by atoms with Crippen LogP contribution in [-0.4, -0.2) is 51.9 Å². The van der Waals surface area contributed by atoms with E-state index in [0.717, 1.165) is 50.5 Å². The maximum atomic E-state index is 11.7. The highest BCUT2D eigenvalue weighted by Crippen LogP contribution is 2.27. The van der Waals surface area contributed by atoms with Crippen molar-refractivity contribution in [1.82, 2.24) is 19.7 Å². The number of rotatable bonds is 4. The molecule has 1 unspecified atom stereocenters. The van der Waals surface area contributed by atoms with E-state index in [2.05, 4.69) is 19.7 Å². The predicted octanol–water partition coefficient (Wildman–Crippen LogP) is 1.75. The van der Waals surface area contributed by atoms with Crippen molar-refractivity contribution in [1.29, 1.82) is 0 Å². The van der Waals surface area contributed by atoms with Gasteiger partial charge in [-0.2, -0.15) is 0 Å². The Morgan fingerprint density at radius 2 is 2.14 bits per heavy atom. The lowest BCUT2D eigenvalue weighted by molar-refractivity contribution is -0.144. The van der Waals surface area contributed by atoms with Gasteiger partial charge in [-0.1, -0.05) is 6.42 Å². The van der Waals surface area contributed by atoms with Gasteiger partial charge in [0, 0.05) is 25.4 Å². The number of piperidine rings is 1. The lowest BCUT2D eigenvalue weighted by Crippen LogP contribution is -2.39. The highest BCUT2D eigenvalue weighted by atomic mass is 16.5. The van der Waals surface area contributed by atoms with Crippen LogP contribution in [0.3, 0.4) is 0 Å². The smallest absolute Gasteiger partial charge is 0.320 e. The molecule has 22 heavy (non-hydrogen) atoms. The first-order valence-corrected chi connectivity index (χ1v) is 8.58. The number of hydrogen-bond acceptors (Lipinski definition) is 5. The van der Waals surface area contributed by atoms with Crippen molar-refractivity contribution in [3.63, 3.8) is 0 Å². The van der Waals surface area contributed by atoms with E-state index >= 15 is 0 Å². The highest BCUT2D eigenvalue weighted by Gasteiger charge is 2.28. The van der Waals surface area contributed by atoms with Gasteiger partial charge in [0.15, 0.2) is 0 Å². The second kappa shape index (κ2) is 7.22. The van der Waals surface area contributed by atoms with Crippen LogP contribution in [0.1, 0.15) is 56.6 Å². The molecule has 2 aliphatic heterocycles. The van der Waals surface area contributed by atoms with Crippen LogP contribution < -0.4 is 0 Å². The molecule has 1 aromatic rings. The van der Waals surface area contributed by atoms with Crippen molar-refractivity contribution in [2.45, 2.75) is 57.9 Å². The fourth-order valence-corrected chi connectivity index (χ4v) is 3.61. The van der Waals surface area contributed by atoms with Gasteiger partial charge in [0.1, 0.15) is 11.6 Å². The van der Waals surface area contributed by atoms with Crippen LogP contribution in [0.4, 0.5) is 0 Å². The van der Waals surface area contributed by atoms with Gasteiger partial charge in [-0.15, -0.1) is 10.2 Å². The summed E-state index contributed by atoms with van der Waals surface area (Å²) in [6.07, 6.45) is 7.01. The molecule has 0 bridgehead atoms. The summed E-state index contributed by atoms with van der Waals surface area (Å²) < 4.78 is 7.40. The highest BCUT2D eigenvalue weighted by molar-refractivity contribution is 5.71. The Bertz CT molecular complexity index is 514. The van der Waals surface area contributed by atoms with Gasteiger partial charge in [-0.25, -0.2) is 0 Å². The predicted molar refractivity (Wildman–Crippen MR) is 82.6 cm³/mol. The number of carbonyl (C=O) groups is 1. The zero-order valence-corrected chi connectivity index (χ0v) is 13.5. The Morgan fingerprint density at radius 1 is 1.23 bits per heavy atom. The zero-order valence-electron chi connectivity index (χ0n) is 13.5. The molecule has 3 heterocycles. The minimum atomic E-state index is -0.122. The third-order valence-electron chi connectivity index (χ3n) is 4.67. The number of aryl methyl sites for hydroxylation is 1. The van der Waals surface area contributed by atoms with Gasteiger partial charge in [0.25, 0.3) is 0 Å². The second-order valence-electron chi connectivity index (χ2n) is 6.32. The summed E-state index contributed by atoms with van der Waals surface area (Å²) in [5.41, 5.74) is 0. The van der Waals surface area contributed by atoms with E-state index < -0.39 is 0 Å². The topological polar surface area (TPSA) is 60.2 Å². The van der Waals surface area contributed by atoms with E-state index in [1.54, 1.807) is 0 Å². The van der Waals surface area contributed by atoms with E-state index in [1.165, 1.54) is 19.3 Å². The van der Waals surface area contributed by atoms with E-state index in [0.29, 0.717) is 19.1 Å². The maximum absolute atomic E-state index is 11.7. The Hall–Kier alpha value is -1.43. The lowest BCUT2D eigenvalue weighted by atomic mass is 9.97. The maximum Gasteiger partial charge on any atom is 0.320 e. The molecule has 0 radical (unpaired) electrons. The molecule has 0 aromatic carbocycles. The molecule has 0 spiro atoms. The van der Waals surface area contributed by atoms with E-state index in [9.17, 15) is 4.79 Å². The minimum absolute atomic E-state index is 0.122. The van der Waals surface area contributed by atoms with Crippen LogP contribution in [0.2, 0.25) is 0 Å². The van der Waals surface area contributed by atoms with Crippen molar-refractivity contribution in [3.05, 3.63) is 11.6 Å². The van der Waals surface area contributed by atoms with Crippen LogP contribution >= 0.6 is 0 Å². The summed E-state index contributed by atoms with van der Waals surface area (Å²) >= 11 is 0. The molecule has 6 heteroatoms. The Morgan fingerprint density at radius 3 is 3.00 bits per heavy atom. The Labute approximate surface area is 131 Å². The third-order valence-corrected chi connectivity index (χ3v) is 4.67. The molecular formula is C16H26N4O2. The molecule has 2 aliphatic rings. The van der Waals surface area contributed by atoms with E-state index in [4.69, 9.17) is 4.74 Å². The fraction of sp³-hybridized carbons (Fsp3) is 0.812. The monoisotopic (exact) mass is 306 g/mol. The second-order valence-corrected chi connectivity index (χ2v) is 6.32. The van der Waals surface area contributed by atoms with Crippen LogP contribution in [0, 0.1) is 0 Å². The standard InChI is InChI=1S/C16H26N4O2/c1-2-22-15(21)12-19-9-6-7-13(11-19)16-18-17-14-8-4-3-5-10-20(14)16/h13H,2-12H2,1H3. The molecule has 1 aromatic heterocycles. The van der Waals surface area contributed by atoms with Crippen molar-refractivity contribution >= 4 is 5.97 Å². The molecule has 0 saturated carbocycles. The van der Waals surface area contributed by atoms with Crippen molar-refractivity contribution in [2.75, 3.05) is 26.2 Å². The molecule has 6 nitrogen and oxygen atoms in total. The summed E-state index contributed by atoms with van der Waals surface area (Å²) in [6.45, 7) is 5.60. The fourth-order valence-electron chi connectivity index (χ4n) is 3.61. The molecule has 3 rings (SSSR count). The third kappa shape index (κ3) is 3.48. The first-order valence-electron chi connectivity index (χ1n) is 8.58. The van der Waals surface area contributed by atoms with Gasteiger partial charge in [0.2, 0.25) is 0 Å². The van der Waals surface area contributed by atoms with E-state index in [-0.39, 0.29) is 5.97 Å². The molecule has 122 valence electrons.